The smallest absolute Gasteiger partial charge is 0.120 e. The molecule has 8 heavy (non-hydrogen) atoms. The summed E-state index contributed by atoms with van der Waals surface area (Å²) in [6.45, 7) is 0.805. The predicted octanol–water partition coefficient (Wildman–Crippen LogP) is 0.330. The molecule has 0 aromatic rings. The lowest BCUT2D eigenvalue weighted by Gasteiger charge is -2.13. The quantitative estimate of drug-likeness (QED) is 0.492. The molecule has 0 amide bonds. The van der Waals surface area contributed by atoms with Crippen molar-refractivity contribution in [3.63, 3.8) is 0 Å². The van der Waals surface area contributed by atoms with Crippen molar-refractivity contribution in [2.75, 3.05) is 13.7 Å². The highest BCUT2D eigenvalue weighted by atomic mass is 16.6. The molecule has 0 atom stereocenters. The maximum absolute atomic E-state index is 4.89. The van der Waals surface area contributed by atoms with Gasteiger partial charge in [0.05, 0.1) is 6.61 Å². The van der Waals surface area contributed by atoms with E-state index in [2.05, 4.69) is 10.5 Å². The van der Waals surface area contributed by atoms with Crippen molar-refractivity contribution in [3.8, 4) is 0 Å². The molecule has 0 aromatic carbocycles. The van der Waals surface area contributed by atoms with Gasteiger partial charge in [0, 0.05) is 13.5 Å². The van der Waals surface area contributed by atoms with Gasteiger partial charge in [-0.15, -0.1) is 0 Å². The molecule has 1 heterocycles. The summed E-state index contributed by atoms with van der Waals surface area (Å²) in [6.07, 6.45) is 2.11. The van der Waals surface area contributed by atoms with Crippen LogP contribution in [-0.4, -0.2) is 19.5 Å². The Labute approximate surface area is 48.7 Å². The van der Waals surface area contributed by atoms with Crippen molar-refractivity contribution < 1.29 is 4.84 Å². The lowest BCUT2D eigenvalue weighted by atomic mass is 10.3. The number of nitrogens with zero attached hydrogens (tertiary/aromatic N) is 1. The first-order chi connectivity index (χ1) is 3.93. The fraction of sp³-hybridized carbons (Fsp3) is 0.800. The summed E-state index contributed by atoms with van der Waals surface area (Å²) in [4.78, 5) is 8.82. The standard InChI is InChI=1S/C5H10N2O/c1-6-5-3-2-4-8-7-5/h2-4H2,1H3,(H,6,7). The van der Waals surface area contributed by atoms with Crippen LogP contribution in [0.25, 0.3) is 0 Å². The average molecular weight is 114 g/mol. The van der Waals surface area contributed by atoms with Gasteiger partial charge in [0.25, 0.3) is 0 Å². The maximum atomic E-state index is 4.89. The van der Waals surface area contributed by atoms with Crippen LogP contribution in [0, 0.1) is 0 Å². The van der Waals surface area contributed by atoms with E-state index in [1.165, 1.54) is 0 Å². The van der Waals surface area contributed by atoms with E-state index in [0.717, 1.165) is 25.3 Å². The molecule has 0 radical (unpaired) electrons. The summed E-state index contributed by atoms with van der Waals surface area (Å²) in [5, 5.41) is 0. The highest BCUT2D eigenvalue weighted by Gasteiger charge is 2.02. The molecule has 0 spiro atoms. The molecule has 1 aliphatic rings. The second-order valence-electron chi connectivity index (χ2n) is 1.72. The minimum atomic E-state index is 0.805. The van der Waals surface area contributed by atoms with E-state index in [-0.39, 0.29) is 0 Å². The second kappa shape index (κ2) is 2.67. The molecular weight excluding hydrogens is 104 g/mol. The number of hydrogen-bond donors (Lipinski definition) is 1. The average Bonchev–Trinajstić information content (AvgIpc) is 1.90. The van der Waals surface area contributed by atoms with Gasteiger partial charge in [0.15, 0.2) is 0 Å². The molecule has 46 valence electrons. The zero-order chi connectivity index (χ0) is 5.82. The Morgan fingerprint density at radius 2 is 2.62 bits per heavy atom. The lowest BCUT2D eigenvalue weighted by molar-refractivity contribution is 0.0677. The minimum Gasteiger partial charge on any atom is -0.275 e. The SMILES string of the molecule is CN=C1CCCON1. The Hall–Kier alpha value is -0.570. The van der Waals surface area contributed by atoms with Gasteiger partial charge < -0.3 is 0 Å². The van der Waals surface area contributed by atoms with Crippen molar-refractivity contribution in [1.82, 2.24) is 5.48 Å². The Kier molecular flexibility index (Phi) is 1.86. The van der Waals surface area contributed by atoms with E-state index in [1.807, 2.05) is 0 Å². The molecule has 1 N–H and O–H groups in total. The van der Waals surface area contributed by atoms with Gasteiger partial charge in [-0.1, -0.05) is 0 Å². The Balaban J connectivity index is 2.33. The molecule has 0 saturated carbocycles. The van der Waals surface area contributed by atoms with Crippen LogP contribution in [0.15, 0.2) is 4.99 Å². The van der Waals surface area contributed by atoms with E-state index < -0.39 is 0 Å². The molecule has 1 saturated heterocycles. The summed E-state index contributed by atoms with van der Waals surface area (Å²) < 4.78 is 0. The van der Waals surface area contributed by atoms with Crippen LogP contribution < -0.4 is 5.48 Å². The molecular formula is C5H10N2O. The summed E-state index contributed by atoms with van der Waals surface area (Å²) in [7, 11) is 1.76. The van der Waals surface area contributed by atoms with Crippen LogP contribution in [0.2, 0.25) is 0 Å². The fourth-order valence-corrected chi connectivity index (χ4v) is 0.655. The second-order valence-corrected chi connectivity index (χ2v) is 1.72. The summed E-state index contributed by atoms with van der Waals surface area (Å²) in [5.74, 6) is 0.955. The Morgan fingerprint density at radius 3 is 3.00 bits per heavy atom. The van der Waals surface area contributed by atoms with Crippen LogP contribution >= 0.6 is 0 Å². The van der Waals surface area contributed by atoms with E-state index in [0.29, 0.717) is 0 Å². The molecule has 1 fully saturated rings. The van der Waals surface area contributed by atoms with Crippen molar-refractivity contribution >= 4 is 5.84 Å². The van der Waals surface area contributed by atoms with Crippen LogP contribution in [0.3, 0.4) is 0 Å². The molecule has 1 rings (SSSR count). The third kappa shape index (κ3) is 1.20. The van der Waals surface area contributed by atoms with Gasteiger partial charge in [0.2, 0.25) is 0 Å². The van der Waals surface area contributed by atoms with Gasteiger partial charge in [-0.25, -0.2) is 0 Å². The van der Waals surface area contributed by atoms with Crippen molar-refractivity contribution in [2.24, 2.45) is 4.99 Å². The van der Waals surface area contributed by atoms with E-state index in [4.69, 9.17) is 4.84 Å². The maximum Gasteiger partial charge on any atom is 0.120 e. The molecule has 0 bridgehead atoms. The normalized spacial score (nSPS) is 25.4. The predicted molar refractivity (Wildman–Crippen MR) is 31.7 cm³/mol. The first-order valence-electron chi connectivity index (χ1n) is 2.77. The van der Waals surface area contributed by atoms with Crippen molar-refractivity contribution in [3.05, 3.63) is 0 Å². The number of hydroxylamine groups is 1. The summed E-state index contributed by atoms with van der Waals surface area (Å²) >= 11 is 0. The van der Waals surface area contributed by atoms with Gasteiger partial charge in [-0.3, -0.25) is 15.3 Å². The zero-order valence-corrected chi connectivity index (χ0v) is 4.98. The first kappa shape index (κ1) is 5.56. The van der Waals surface area contributed by atoms with Crippen molar-refractivity contribution in [1.29, 1.82) is 0 Å². The van der Waals surface area contributed by atoms with E-state index in [1.54, 1.807) is 7.05 Å². The van der Waals surface area contributed by atoms with Crippen LogP contribution in [0.5, 0.6) is 0 Å². The first-order valence-corrected chi connectivity index (χ1v) is 2.77. The molecule has 0 aliphatic carbocycles. The third-order valence-electron chi connectivity index (χ3n) is 1.12. The van der Waals surface area contributed by atoms with E-state index >= 15 is 0 Å². The lowest BCUT2D eigenvalue weighted by Crippen LogP contribution is -2.29. The zero-order valence-electron chi connectivity index (χ0n) is 4.98. The largest absolute Gasteiger partial charge is 0.275 e. The minimum absolute atomic E-state index is 0.805. The Bertz CT molecular complexity index is 92.6. The van der Waals surface area contributed by atoms with Crippen LogP contribution in [-0.2, 0) is 4.84 Å². The van der Waals surface area contributed by atoms with Gasteiger partial charge >= 0.3 is 0 Å². The monoisotopic (exact) mass is 114 g/mol. The van der Waals surface area contributed by atoms with Gasteiger partial charge in [0.1, 0.15) is 5.84 Å². The number of hydrogen-bond acceptors (Lipinski definition) is 2. The molecule has 0 unspecified atom stereocenters. The number of aliphatic imine (C=N–C) groups is 1. The van der Waals surface area contributed by atoms with Crippen LogP contribution in [0.4, 0.5) is 0 Å². The summed E-state index contributed by atoms with van der Waals surface area (Å²) in [6, 6.07) is 0. The molecule has 1 aliphatic heterocycles. The van der Waals surface area contributed by atoms with Gasteiger partial charge in [-0.05, 0) is 6.42 Å². The topological polar surface area (TPSA) is 33.6 Å². The highest BCUT2D eigenvalue weighted by Crippen LogP contribution is 1.96. The molecule has 3 heteroatoms. The molecule has 3 nitrogen and oxygen atoms in total. The van der Waals surface area contributed by atoms with E-state index in [9.17, 15) is 0 Å². The number of amidine groups is 1. The molecule has 0 aromatic heterocycles. The summed E-state index contributed by atoms with van der Waals surface area (Å²) in [5.41, 5.74) is 2.72. The van der Waals surface area contributed by atoms with Gasteiger partial charge in [-0.2, -0.15) is 0 Å². The number of nitrogens with one attached hydrogen (secondary N) is 1. The Morgan fingerprint density at radius 1 is 1.75 bits per heavy atom. The fourth-order valence-electron chi connectivity index (χ4n) is 0.655. The third-order valence-corrected chi connectivity index (χ3v) is 1.12. The van der Waals surface area contributed by atoms with Crippen LogP contribution in [0.1, 0.15) is 12.8 Å². The number of rotatable bonds is 0. The van der Waals surface area contributed by atoms with Crippen molar-refractivity contribution in [2.45, 2.75) is 12.8 Å². The highest BCUT2D eigenvalue weighted by molar-refractivity contribution is 5.81.